The summed E-state index contributed by atoms with van der Waals surface area (Å²) in [6, 6.07) is 0.914. The molecule has 0 bridgehead atoms. The molecule has 2 fully saturated rings. The van der Waals surface area contributed by atoms with Crippen LogP contribution in [0.3, 0.4) is 0 Å². The summed E-state index contributed by atoms with van der Waals surface area (Å²) in [6.45, 7) is 11.3. The minimum absolute atomic E-state index is 0. The first-order valence-corrected chi connectivity index (χ1v) is 13.8. The average molecular weight is 584 g/mol. The molecule has 2 aliphatic heterocycles. The van der Waals surface area contributed by atoms with Crippen molar-refractivity contribution in [1.82, 2.24) is 9.80 Å². The molecular formula is C22H50Br2ClN3O2. The number of hydrogen-bond donors (Lipinski definition) is 3. The smallest absolute Gasteiger partial charge is 0.0584 e. The fraction of sp³-hybridized carbons (Fsp3) is 1.00. The summed E-state index contributed by atoms with van der Waals surface area (Å²) in [5.74, 6) is 0.778. The summed E-state index contributed by atoms with van der Waals surface area (Å²) in [7, 11) is 0. The number of rotatable bonds is 8. The van der Waals surface area contributed by atoms with E-state index in [0.717, 1.165) is 16.5 Å². The molecule has 3 atom stereocenters. The lowest BCUT2D eigenvalue weighted by atomic mass is 10.3. The zero-order chi connectivity index (χ0) is 22.5. The molecule has 2 heterocycles. The molecule has 8 heteroatoms. The van der Waals surface area contributed by atoms with Gasteiger partial charge in [-0.15, -0.1) is 11.6 Å². The lowest BCUT2D eigenvalue weighted by Crippen LogP contribution is -2.32. The van der Waals surface area contributed by atoms with Gasteiger partial charge in [0.1, 0.15) is 0 Å². The molecule has 0 aliphatic carbocycles. The van der Waals surface area contributed by atoms with Crippen molar-refractivity contribution in [3.63, 3.8) is 0 Å². The van der Waals surface area contributed by atoms with E-state index < -0.39 is 0 Å². The Hall–Kier alpha value is 1.05. The fourth-order valence-corrected chi connectivity index (χ4v) is 3.75. The molecule has 0 saturated carbocycles. The van der Waals surface area contributed by atoms with Gasteiger partial charge in [-0.2, -0.15) is 0 Å². The van der Waals surface area contributed by atoms with Crippen LogP contribution in [0.25, 0.3) is 0 Å². The number of likely N-dealkylation sites (tertiary alicyclic amines) is 2. The Bertz CT molecular complexity index is 295. The number of hydrogen-bond acceptors (Lipinski definition) is 5. The molecular weight excluding hydrogens is 534 g/mol. The molecule has 5 nitrogen and oxygen atoms in total. The van der Waals surface area contributed by atoms with Crippen molar-refractivity contribution in [2.75, 3.05) is 55.9 Å². The minimum atomic E-state index is -0.0602. The highest BCUT2D eigenvalue weighted by Crippen LogP contribution is 2.12. The van der Waals surface area contributed by atoms with Gasteiger partial charge in [0.05, 0.1) is 13.2 Å². The van der Waals surface area contributed by atoms with Gasteiger partial charge in [-0.3, -0.25) is 9.80 Å². The number of unbranched alkanes of at least 4 members (excludes halogenated alkanes) is 1. The SMILES string of the molecule is BrCCCCBr.C.C[C@@H](CCl)N1CCCC1.C[C@@H](CO)N1CCCC1.C[C@H](N)CO. The first-order chi connectivity index (χ1) is 13.9. The maximum Gasteiger partial charge on any atom is 0.0584 e. The van der Waals surface area contributed by atoms with Gasteiger partial charge in [-0.05, 0) is 85.5 Å². The normalized spacial score (nSPS) is 19.1. The van der Waals surface area contributed by atoms with Crippen LogP contribution in [0.1, 0.15) is 66.7 Å². The van der Waals surface area contributed by atoms with E-state index in [9.17, 15) is 0 Å². The zero-order valence-electron chi connectivity index (χ0n) is 18.8. The van der Waals surface area contributed by atoms with Crippen LogP contribution >= 0.6 is 43.5 Å². The second kappa shape index (κ2) is 26.3. The van der Waals surface area contributed by atoms with Crippen molar-refractivity contribution >= 4 is 43.5 Å². The molecule has 0 aromatic heterocycles. The molecule has 0 aromatic carbocycles. The van der Waals surface area contributed by atoms with E-state index in [1.165, 1.54) is 64.7 Å². The van der Waals surface area contributed by atoms with E-state index in [1.807, 2.05) is 0 Å². The number of nitrogens with two attached hydrogens (primary N) is 1. The van der Waals surface area contributed by atoms with Gasteiger partial charge >= 0.3 is 0 Å². The van der Waals surface area contributed by atoms with Crippen LogP contribution in [0.2, 0.25) is 0 Å². The highest BCUT2D eigenvalue weighted by Gasteiger charge is 2.16. The Balaban J connectivity index is -0.000000331. The molecule has 2 rings (SSSR count). The van der Waals surface area contributed by atoms with Crippen LogP contribution in [0.15, 0.2) is 0 Å². The second-order valence-electron chi connectivity index (χ2n) is 7.77. The number of nitrogens with zero attached hydrogens (tertiary/aromatic N) is 2. The molecule has 0 aromatic rings. The Morgan fingerprint density at radius 3 is 1.37 bits per heavy atom. The topological polar surface area (TPSA) is 73.0 Å². The maximum atomic E-state index is 8.75. The Labute approximate surface area is 209 Å². The van der Waals surface area contributed by atoms with Crippen LogP contribution in [-0.2, 0) is 0 Å². The van der Waals surface area contributed by atoms with Gasteiger partial charge in [-0.1, -0.05) is 39.3 Å². The Kier molecular flexibility index (Phi) is 31.2. The summed E-state index contributed by atoms with van der Waals surface area (Å²) < 4.78 is 0. The van der Waals surface area contributed by atoms with Crippen molar-refractivity contribution in [1.29, 1.82) is 0 Å². The minimum Gasteiger partial charge on any atom is -0.395 e. The largest absolute Gasteiger partial charge is 0.395 e. The van der Waals surface area contributed by atoms with Crippen LogP contribution in [0, 0.1) is 0 Å². The van der Waals surface area contributed by atoms with E-state index in [1.54, 1.807) is 6.92 Å². The third-order valence-electron chi connectivity index (χ3n) is 4.82. The van der Waals surface area contributed by atoms with E-state index in [0.29, 0.717) is 18.7 Å². The molecule has 30 heavy (non-hydrogen) atoms. The summed E-state index contributed by atoms with van der Waals surface area (Å²) in [4.78, 5) is 4.78. The zero-order valence-corrected chi connectivity index (χ0v) is 22.8. The summed E-state index contributed by atoms with van der Waals surface area (Å²) >= 11 is 12.3. The number of alkyl halides is 3. The molecule has 186 valence electrons. The van der Waals surface area contributed by atoms with E-state index in [-0.39, 0.29) is 20.1 Å². The maximum absolute atomic E-state index is 8.75. The van der Waals surface area contributed by atoms with Crippen LogP contribution < -0.4 is 5.73 Å². The molecule has 0 radical (unpaired) electrons. The summed E-state index contributed by atoms with van der Waals surface area (Å²) in [6.07, 6.45) is 7.91. The average Bonchev–Trinajstić information content (AvgIpc) is 3.46. The summed E-state index contributed by atoms with van der Waals surface area (Å²) in [5.41, 5.74) is 5.04. The van der Waals surface area contributed by atoms with Crippen LogP contribution in [0.5, 0.6) is 0 Å². The lowest BCUT2D eigenvalue weighted by Gasteiger charge is -2.20. The Morgan fingerprint density at radius 2 is 1.13 bits per heavy atom. The first-order valence-electron chi connectivity index (χ1n) is 11.0. The molecule has 2 aliphatic rings. The Morgan fingerprint density at radius 1 is 0.800 bits per heavy atom. The van der Waals surface area contributed by atoms with Gasteiger partial charge in [0, 0.05) is 34.7 Å². The summed E-state index contributed by atoms with van der Waals surface area (Å²) in [5, 5.41) is 19.0. The highest BCUT2D eigenvalue weighted by atomic mass is 79.9. The number of aliphatic hydroxyl groups is 2. The van der Waals surface area contributed by atoms with E-state index in [2.05, 4.69) is 55.5 Å². The third kappa shape index (κ3) is 22.3. The second-order valence-corrected chi connectivity index (χ2v) is 9.66. The monoisotopic (exact) mass is 581 g/mol. The standard InChI is InChI=1S/C7H14ClN.C7H15NO.C4H8Br2.C3H9NO.CH4/c1-7(6-8)9-4-2-3-5-9;1-7(6-9)8-4-2-3-5-8;5-3-1-2-4-6;1-3(4)2-5;/h7H,2-6H2,1H3;7,9H,2-6H2,1H3;1-4H2;3,5H,2,4H2,1H3;1H4/t2*7-;;3-;/m00.0./s1. The number of aliphatic hydroxyl groups excluding tert-OH is 2. The molecule has 0 amide bonds. The fourth-order valence-electron chi connectivity index (χ4n) is 2.77. The molecule has 0 unspecified atom stereocenters. The van der Waals surface area contributed by atoms with E-state index in [4.69, 9.17) is 27.5 Å². The third-order valence-corrected chi connectivity index (χ3v) is 6.39. The van der Waals surface area contributed by atoms with Crippen molar-refractivity contribution < 1.29 is 10.2 Å². The molecule has 0 spiro atoms. The molecule has 2 saturated heterocycles. The van der Waals surface area contributed by atoms with Crippen molar-refractivity contribution in [2.24, 2.45) is 5.73 Å². The quantitative estimate of drug-likeness (QED) is 0.286. The first kappa shape index (κ1) is 35.6. The van der Waals surface area contributed by atoms with Gasteiger partial charge in [0.25, 0.3) is 0 Å². The highest BCUT2D eigenvalue weighted by molar-refractivity contribution is 9.09. The van der Waals surface area contributed by atoms with Gasteiger partial charge in [0.2, 0.25) is 0 Å². The lowest BCUT2D eigenvalue weighted by molar-refractivity contribution is 0.158. The van der Waals surface area contributed by atoms with Crippen LogP contribution in [0.4, 0.5) is 0 Å². The van der Waals surface area contributed by atoms with Crippen molar-refractivity contribution in [3.8, 4) is 0 Å². The molecule has 4 N–H and O–H groups in total. The number of halogens is 3. The van der Waals surface area contributed by atoms with Gasteiger partial charge in [0.15, 0.2) is 0 Å². The van der Waals surface area contributed by atoms with Crippen LogP contribution in [-0.4, -0.2) is 94.1 Å². The van der Waals surface area contributed by atoms with Crippen molar-refractivity contribution in [2.45, 2.75) is 84.8 Å². The van der Waals surface area contributed by atoms with Gasteiger partial charge in [-0.25, -0.2) is 0 Å². The van der Waals surface area contributed by atoms with Gasteiger partial charge < -0.3 is 15.9 Å². The van der Waals surface area contributed by atoms with Crippen molar-refractivity contribution in [3.05, 3.63) is 0 Å². The van der Waals surface area contributed by atoms with E-state index >= 15 is 0 Å². The predicted octanol–water partition coefficient (Wildman–Crippen LogP) is 4.69. The predicted molar refractivity (Wildman–Crippen MR) is 143 cm³/mol.